The molecule has 104 valence electrons. The molecule has 0 unspecified atom stereocenters. The van der Waals surface area contributed by atoms with Crippen molar-refractivity contribution in [1.29, 1.82) is 0 Å². The van der Waals surface area contributed by atoms with Gasteiger partial charge in [0.1, 0.15) is 10.6 Å². The molecule has 0 bridgehead atoms. The number of benzene rings is 1. The van der Waals surface area contributed by atoms with Crippen molar-refractivity contribution in [2.24, 2.45) is 0 Å². The monoisotopic (exact) mass is 293 g/mol. The van der Waals surface area contributed by atoms with Gasteiger partial charge in [-0.3, -0.25) is 20.2 Å². The number of nitrogens with one attached hydrogen (secondary N) is 1. The van der Waals surface area contributed by atoms with E-state index in [4.69, 9.17) is 5.73 Å². The van der Waals surface area contributed by atoms with Gasteiger partial charge in [0.05, 0.1) is 4.92 Å². The lowest BCUT2D eigenvalue weighted by atomic mass is 10.1. The standard InChI is InChI=1S/C11H11N5O3S/c1-2-9-14-15-11(20-9)13-10(17)7-5-6(12)3-4-8(7)16(18)19/h3-5H,2,12H2,1H3,(H,13,15,17). The summed E-state index contributed by atoms with van der Waals surface area (Å²) in [5.41, 5.74) is 5.41. The summed E-state index contributed by atoms with van der Waals surface area (Å²) in [6, 6.07) is 3.83. The van der Waals surface area contributed by atoms with Crippen molar-refractivity contribution in [2.75, 3.05) is 11.1 Å². The van der Waals surface area contributed by atoms with Crippen LogP contribution in [0.3, 0.4) is 0 Å². The molecule has 0 fully saturated rings. The zero-order valence-electron chi connectivity index (χ0n) is 10.5. The van der Waals surface area contributed by atoms with Crippen molar-refractivity contribution < 1.29 is 9.72 Å². The number of nitrogens with two attached hydrogens (primary N) is 1. The number of aromatic nitrogens is 2. The zero-order valence-corrected chi connectivity index (χ0v) is 11.3. The maximum atomic E-state index is 12.1. The molecule has 8 nitrogen and oxygen atoms in total. The second kappa shape index (κ2) is 5.61. The largest absolute Gasteiger partial charge is 0.399 e. The predicted octanol–water partition coefficient (Wildman–Crippen LogP) is 1.84. The Morgan fingerprint density at radius 2 is 2.25 bits per heavy atom. The van der Waals surface area contributed by atoms with Crippen molar-refractivity contribution in [1.82, 2.24) is 10.2 Å². The maximum Gasteiger partial charge on any atom is 0.282 e. The first-order valence-corrected chi connectivity index (χ1v) is 6.50. The highest BCUT2D eigenvalue weighted by atomic mass is 32.1. The summed E-state index contributed by atoms with van der Waals surface area (Å²) in [6.07, 6.45) is 0.700. The second-order valence-electron chi connectivity index (χ2n) is 3.84. The molecule has 0 saturated carbocycles. The van der Waals surface area contributed by atoms with Crippen LogP contribution in [-0.2, 0) is 6.42 Å². The summed E-state index contributed by atoms with van der Waals surface area (Å²) in [4.78, 5) is 22.3. The first-order chi connectivity index (χ1) is 9.51. The lowest BCUT2D eigenvalue weighted by Crippen LogP contribution is -2.14. The van der Waals surface area contributed by atoms with Gasteiger partial charge in [0.25, 0.3) is 11.6 Å². The summed E-state index contributed by atoms with van der Waals surface area (Å²) in [5, 5.41) is 22.1. The van der Waals surface area contributed by atoms with Gasteiger partial charge in [0.2, 0.25) is 5.13 Å². The van der Waals surface area contributed by atoms with Gasteiger partial charge in [-0.05, 0) is 18.6 Å². The molecule has 1 amide bonds. The van der Waals surface area contributed by atoms with E-state index in [1.165, 1.54) is 29.5 Å². The Morgan fingerprint density at radius 3 is 2.85 bits per heavy atom. The number of anilines is 2. The highest BCUT2D eigenvalue weighted by molar-refractivity contribution is 7.15. The van der Waals surface area contributed by atoms with Crippen LogP contribution >= 0.6 is 11.3 Å². The van der Waals surface area contributed by atoms with E-state index in [-0.39, 0.29) is 16.9 Å². The summed E-state index contributed by atoms with van der Waals surface area (Å²) in [5.74, 6) is -0.636. The first-order valence-electron chi connectivity index (χ1n) is 5.69. The van der Waals surface area contributed by atoms with E-state index in [0.29, 0.717) is 11.6 Å². The molecule has 3 N–H and O–H groups in total. The molecule has 20 heavy (non-hydrogen) atoms. The Balaban J connectivity index is 2.28. The number of carbonyl (C=O) groups is 1. The number of nitro benzene ring substituents is 1. The molecule has 2 rings (SSSR count). The third-order valence-corrected chi connectivity index (χ3v) is 3.43. The molecule has 0 aliphatic carbocycles. The van der Waals surface area contributed by atoms with Gasteiger partial charge in [-0.25, -0.2) is 0 Å². The smallest absolute Gasteiger partial charge is 0.282 e. The number of hydrogen-bond acceptors (Lipinski definition) is 7. The molecule has 0 atom stereocenters. The van der Waals surface area contributed by atoms with Crippen molar-refractivity contribution >= 4 is 33.8 Å². The number of hydrogen-bond donors (Lipinski definition) is 2. The number of nitro groups is 1. The Morgan fingerprint density at radius 1 is 1.50 bits per heavy atom. The quantitative estimate of drug-likeness (QED) is 0.503. The Labute approximate surface area is 117 Å². The van der Waals surface area contributed by atoms with E-state index in [1.54, 1.807) is 0 Å². The van der Waals surface area contributed by atoms with Crippen LogP contribution in [0.1, 0.15) is 22.3 Å². The van der Waals surface area contributed by atoms with Crippen LogP contribution in [-0.4, -0.2) is 21.0 Å². The lowest BCUT2D eigenvalue weighted by Gasteiger charge is -2.03. The Hall–Kier alpha value is -2.55. The summed E-state index contributed by atoms with van der Waals surface area (Å²) in [7, 11) is 0. The van der Waals surface area contributed by atoms with Crippen LogP contribution in [0.5, 0.6) is 0 Å². The van der Waals surface area contributed by atoms with E-state index >= 15 is 0 Å². The average Bonchev–Trinajstić information content (AvgIpc) is 2.85. The van der Waals surface area contributed by atoms with Crippen molar-refractivity contribution in [3.05, 3.63) is 38.9 Å². The van der Waals surface area contributed by atoms with Gasteiger partial charge in [0, 0.05) is 11.8 Å². The number of carbonyl (C=O) groups excluding carboxylic acids is 1. The minimum atomic E-state index is -0.636. The summed E-state index contributed by atoms with van der Waals surface area (Å²) >= 11 is 1.22. The van der Waals surface area contributed by atoms with E-state index in [2.05, 4.69) is 15.5 Å². The lowest BCUT2D eigenvalue weighted by molar-refractivity contribution is -0.385. The van der Waals surface area contributed by atoms with E-state index in [9.17, 15) is 14.9 Å². The molecule has 0 saturated heterocycles. The Kier molecular flexibility index (Phi) is 3.89. The van der Waals surface area contributed by atoms with E-state index < -0.39 is 10.8 Å². The summed E-state index contributed by atoms with van der Waals surface area (Å²) in [6.45, 7) is 1.91. The van der Waals surface area contributed by atoms with E-state index in [1.807, 2.05) is 6.92 Å². The molecule has 1 aromatic carbocycles. The molecule has 1 aromatic heterocycles. The Bertz CT molecular complexity index is 670. The van der Waals surface area contributed by atoms with Gasteiger partial charge in [-0.15, -0.1) is 10.2 Å². The second-order valence-corrected chi connectivity index (χ2v) is 4.90. The number of nitrogen functional groups attached to an aromatic ring is 1. The molecule has 0 aliphatic heterocycles. The normalized spacial score (nSPS) is 10.2. The van der Waals surface area contributed by atoms with Crippen LogP contribution < -0.4 is 11.1 Å². The van der Waals surface area contributed by atoms with Gasteiger partial charge < -0.3 is 5.73 Å². The minimum absolute atomic E-state index is 0.108. The molecule has 1 heterocycles. The molecule has 9 heteroatoms. The SMILES string of the molecule is CCc1nnc(NC(=O)c2cc(N)ccc2[N+](=O)[O-])s1. The fourth-order valence-corrected chi connectivity index (χ4v) is 2.18. The van der Waals surface area contributed by atoms with Gasteiger partial charge in [0.15, 0.2) is 0 Å². The van der Waals surface area contributed by atoms with Gasteiger partial charge >= 0.3 is 0 Å². The molecule has 2 aromatic rings. The van der Waals surface area contributed by atoms with Crippen molar-refractivity contribution in [3.8, 4) is 0 Å². The molecular weight excluding hydrogens is 282 g/mol. The van der Waals surface area contributed by atoms with Gasteiger partial charge in [-0.1, -0.05) is 18.3 Å². The third-order valence-electron chi connectivity index (χ3n) is 2.45. The van der Waals surface area contributed by atoms with E-state index in [0.717, 1.165) is 5.01 Å². The average molecular weight is 293 g/mol. The van der Waals surface area contributed by atoms with Crippen LogP contribution in [0.25, 0.3) is 0 Å². The topological polar surface area (TPSA) is 124 Å². The number of amides is 1. The van der Waals surface area contributed by atoms with Crippen molar-refractivity contribution in [2.45, 2.75) is 13.3 Å². The molecule has 0 spiro atoms. The predicted molar refractivity (Wildman–Crippen MR) is 74.7 cm³/mol. The van der Waals surface area contributed by atoms with Gasteiger partial charge in [-0.2, -0.15) is 0 Å². The third kappa shape index (κ3) is 2.88. The molecular formula is C11H11N5O3S. The number of nitrogens with zero attached hydrogens (tertiary/aromatic N) is 3. The van der Waals surface area contributed by atoms with Crippen LogP contribution in [0.2, 0.25) is 0 Å². The summed E-state index contributed by atoms with van der Waals surface area (Å²) < 4.78 is 0. The molecule has 0 aliphatic rings. The number of aryl methyl sites for hydroxylation is 1. The van der Waals surface area contributed by atoms with Crippen molar-refractivity contribution in [3.63, 3.8) is 0 Å². The first kappa shape index (κ1) is 13.9. The fourth-order valence-electron chi connectivity index (χ4n) is 1.51. The number of rotatable bonds is 4. The zero-order chi connectivity index (χ0) is 14.7. The minimum Gasteiger partial charge on any atom is -0.399 e. The van der Waals surface area contributed by atoms with Crippen LogP contribution in [0.15, 0.2) is 18.2 Å². The molecule has 0 radical (unpaired) electrons. The van der Waals surface area contributed by atoms with Crippen LogP contribution in [0.4, 0.5) is 16.5 Å². The van der Waals surface area contributed by atoms with Crippen LogP contribution in [0, 0.1) is 10.1 Å². The highest BCUT2D eigenvalue weighted by Crippen LogP contribution is 2.23. The maximum absolute atomic E-state index is 12.1. The highest BCUT2D eigenvalue weighted by Gasteiger charge is 2.21. The fraction of sp³-hybridized carbons (Fsp3) is 0.182.